The van der Waals surface area contributed by atoms with Gasteiger partial charge in [-0.3, -0.25) is 0 Å². The van der Waals surface area contributed by atoms with Crippen LogP contribution in [-0.2, 0) is 15.7 Å². The molecule has 1 aliphatic heterocycles. The Balaban J connectivity index is 2.54. The van der Waals surface area contributed by atoms with Crippen LogP contribution in [-0.4, -0.2) is 17.7 Å². The summed E-state index contributed by atoms with van der Waals surface area (Å²) in [6.07, 6.45) is -3.18. The Morgan fingerprint density at radius 3 is 2.71 bits per heavy atom. The van der Waals surface area contributed by atoms with E-state index in [4.69, 9.17) is 17.0 Å². The highest BCUT2D eigenvalue weighted by molar-refractivity contribution is 7.80. The Morgan fingerprint density at radius 2 is 2.08 bits per heavy atom. The van der Waals surface area contributed by atoms with Gasteiger partial charge in [-0.2, -0.15) is 13.2 Å². The second-order valence-electron chi connectivity index (χ2n) is 5.04. The number of alkyl halides is 3. The summed E-state index contributed by atoms with van der Waals surface area (Å²) in [5, 5.41) is 5.59. The van der Waals surface area contributed by atoms with Crippen LogP contribution in [0, 0.1) is 0 Å². The van der Waals surface area contributed by atoms with Gasteiger partial charge in [0.05, 0.1) is 17.2 Å². The van der Waals surface area contributed by atoms with E-state index in [9.17, 15) is 18.0 Å². The Bertz CT molecular complexity index is 714. The molecule has 0 saturated heterocycles. The fraction of sp³-hybridized carbons (Fsp3) is 0.250. The van der Waals surface area contributed by atoms with Crippen molar-refractivity contribution in [2.24, 2.45) is 0 Å². The predicted molar refractivity (Wildman–Crippen MR) is 86.9 cm³/mol. The van der Waals surface area contributed by atoms with Gasteiger partial charge in [0.25, 0.3) is 0 Å². The van der Waals surface area contributed by atoms with Gasteiger partial charge in [-0.1, -0.05) is 30.9 Å². The Labute approximate surface area is 142 Å². The van der Waals surface area contributed by atoms with Crippen LogP contribution in [0.4, 0.5) is 13.2 Å². The van der Waals surface area contributed by atoms with Crippen molar-refractivity contribution in [3.05, 3.63) is 59.3 Å². The van der Waals surface area contributed by atoms with E-state index >= 15 is 0 Å². The normalized spacial score (nSPS) is 17.8. The predicted octanol–water partition coefficient (Wildman–Crippen LogP) is 3.23. The summed E-state index contributed by atoms with van der Waals surface area (Å²) in [4.78, 5) is 12.3. The monoisotopic (exact) mass is 356 g/mol. The molecule has 1 aromatic carbocycles. The fourth-order valence-electron chi connectivity index (χ4n) is 2.42. The third kappa shape index (κ3) is 3.76. The smallest absolute Gasteiger partial charge is 0.416 e. The Hall–Kier alpha value is -2.35. The standard InChI is InChI=1S/C16H15F3N2O2S/c1-3-8-23-14(22)12-9(2)20-15(24)21-13(12)10-6-4-5-7-11(10)16(17,18)19/h3-7,13H,1,8H2,2H3,(H2,20,21,24)/t13-/m0/s1. The average Bonchev–Trinajstić information content (AvgIpc) is 2.51. The number of carbonyl (C=O) groups excluding carboxylic acids is 1. The number of benzene rings is 1. The maximum absolute atomic E-state index is 13.3. The Kier molecular flexibility index (Phi) is 5.28. The molecule has 0 amide bonds. The van der Waals surface area contributed by atoms with E-state index in [-0.39, 0.29) is 22.9 Å². The first-order valence-corrected chi connectivity index (χ1v) is 7.39. The first-order chi connectivity index (χ1) is 11.3. The zero-order valence-electron chi connectivity index (χ0n) is 12.7. The van der Waals surface area contributed by atoms with E-state index < -0.39 is 23.8 Å². The molecule has 0 saturated carbocycles. The van der Waals surface area contributed by atoms with Crippen molar-refractivity contribution in [1.82, 2.24) is 10.6 Å². The van der Waals surface area contributed by atoms with Crippen LogP contribution in [0.15, 0.2) is 48.2 Å². The summed E-state index contributed by atoms with van der Waals surface area (Å²) in [5.41, 5.74) is -0.551. The second kappa shape index (κ2) is 7.04. The molecule has 0 unspecified atom stereocenters. The minimum Gasteiger partial charge on any atom is -0.458 e. The van der Waals surface area contributed by atoms with E-state index in [0.717, 1.165) is 6.07 Å². The average molecular weight is 356 g/mol. The minimum absolute atomic E-state index is 0.0437. The van der Waals surface area contributed by atoms with E-state index in [2.05, 4.69) is 17.2 Å². The lowest BCUT2D eigenvalue weighted by molar-refractivity contribution is -0.140. The van der Waals surface area contributed by atoms with Gasteiger partial charge in [-0.05, 0) is 30.8 Å². The fourth-order valence-corrected chi connectivity index (χ4v) is 2.69. The van der Waals surface area contributed by atoms with Crippen molar-refractivity contribution >= 4 is 23.3 Å². The number of hydrogen-bond acceptors (Lipinski definition) is 3. The summed E-state index contributed by atoms with van der Waals surface area (Å²) in [5.74, 6) is -0.739. The molecule has 0 spiro atoms. The zero-order chi connectivity index (χ0) is 17.9. The lowest BCUT2D eigenvalue weighted by Gasteiger charge is -2.31. The third-order valence-corrected chi connectivity index (χ3v) is 3.62. The molecule has 0 aromatic heterocycles. The molecule has 2 rings (SSSR count). The number of ether oxygens (including phenoxy) is 1. The maximum Gasteiger partial charge on any atom is 0.416 e. The highest BCUT2D eigenvalue weighted by Gasteiger charge is 2.39. The molecule has 0 fully saturated rings. The van der Waals surface area contributed by atoms with Gasteiger partial charge >= 0.3 is 12.1 Å². The SMILES string of the molecule is C=CCOC(=O)C1=C(C)NC(=S)N[C@H]1c1ccccc1C(F)(F)F. The summed E-state index contributed by atoms with van der Waals surface area (Å²) < 4.78 is 44.9. The number of nitrogens with one attached hydrogen (secondary N) is 2. The molecular weight excluding hydrogens is 341 g/mol. The van der Waals surface area contributed by atoms with Gasteiger partial charge in [-0.25, -0.2) is 4.79 Å². The first kappa shape index (κ1) is 18.0. The first-order valence-electron chi connectivity index (χ1n) is 6.98. The number of thiocarbonyl (C=S) groups is 1. The van der Waals surface area contributed by atoms with Crippen molar-refractivity contribution in [2.75, 3.05) is 6.61 Å². The molecule has 8 heteroatoms. The van der Waals surface area contributed by atoms with Crippen LogP contribution in [0.3, 0.4) is 0 Å². The number of rotatable bonds is 4. The van der Waals surface area contributed by atoms with Gasteiger partial charge in [0, 0.05) is 5.70 Å². The van der Waals surface area contributed by atoms with E-state index in [1.54, 1.807) is 6.92 Å². The van der Waals surface area contributed by atoms with Gasteiger partial charge in [0.2, 0.25) is 0 Å². The summed E-state index contributed by atoms with van der Waals surface area (Å²) in [6.45, 7) is 4.95. The van der Waals surface area contributed by atoms with E-state index in [1.165, 1.54) is 24.3 Å². The number of carbonyl (C=O) groups is 1. The second-order valence-corrected chi connectivity index (χ2v) is 5.45. The quantitative estimate of drug-likeness (QED) is 0.493. The lowest BCUT2D eigenvalue weighted by Crippen LogP contribution is -2.45. The molecule has 0 aliphatic carbocycles. The van der Waals surface area contributed by atoms with Gasteiger partial charge < -0.3 is 15.4 Å². The Morgan fingerprint density at radius 1 is 1.42 bits per heavy atom. The van der Waals surface area contributed by atoms with Gasteiger partial charge in [-0.15, -0.1) is 0 Å². The molecule has 24 heavy (non-hydrogen) atoms. The minimum atomic E-state index is -4.56. The van der Waals surface area contributed by atoms with Crippen LogP contribution < -0.4 is 10.6 Å². The van der Waals surface area contributed by atoms with Crippen molar-refractivity contribution < 1.29 is 22.7 Å². The number of allylic oxidation sites excluding steroid dienone is 1. The van der Waals surface area contributed by atoms with Crippen molar-refractivity contribution in [3.63, 3.8) is 0 Å². The molecule has 128 valence electrons. The van der Waals surface area contributed by atoms with Crippen molar-refractivity contribution in [3.8, 4) is 0 Å². The highest BCUT2D eigenvalue weighted by Crippen LogP contribution is 2.38. The van der Waals surface area contributed by atoms with Crippen LogP contribution in [0.2, 0.25) is 0 Å². The van der Waals surface area contributed by atoms with E-state index in [0.29, 0.717) is 5.70 Å². The molecule has 0 radical (unpaired) electrons. The topological polar surface area (TPSA) is 50.4 Å². The maximum atomic E-state index is 13.3. The molecule has 0 bridgehead atoms. The van der Waals surface area contributed by atoms with Crippen LogP contribution >= 0.6 is 12.2 Å². The number of esters is 1. The lowest BCUT2D eigenvalue weighted by atomic mass is 9.92. The van der Waals surface area contributed by atoms with E-state index in [1.807, 2.05) is 0 Å². The molecular formula is C16H15F3N2O2S. The zero-order valence-corrected chi connectivity index (χ0v) is 13.6. The van der Waals surface area contributed by atoms with Crippen molar-refractivity contribution in [2.45, 2.75) is 19.1 Å². The largest absolute Gasteiger partial charge is 0.458 e. The highest BCUT2D eigenvalue weighted by atomic mass is 32.1. The third-order valence-electron chi connectivity index (χ3n) is 3.40. The van der Waals surface area contributed by atoms with Gasteiger partial charge in [0.15, 0.2) is 5.11 Å². The van der Waals surface area contributed by atoms with Crippen LogP contribution in [0.5, 0.6) is 0 Å². The molecule has 1 atom stereocenters. The molecule has 2 N–H and O–H groups in total. The molecule has 1 aliphatic rings. The molecule has 1 heterocycles. The number of hydrogen-bond donors (Lipinski definition) is 2. The van der Waals surface area contributed by atoms with Crippen LogP contribution in [0.1, 0.15) is 24.1 Å². The molecule has 4 nitrogen and oxygen atoms in total. The summed E-state index contributed by atoms with van der Waals surface area (Å²) in [6, 6.07) is 3.97. The summed E-state index contributed by atoms with van der Waals surface area (Å²) in [7, 11) is 0. The van der Waals surface area contributed by atoms with Gasteiger partial charge in [0.1, 0.15) is 6.61 Å². The summed E-state index contributed by atoms with van der Waals surface area (Å²) >= 11 is 5.02. The number of halogens is 3. The van der Waals surface area contributed by atoms with Crippen LogP contribution in [0.25, 0.3) is 0 Å². The van der Waals surface area contributed by atoms with Crippen molar-refractivity contribution in [1.29, 1.82) is 0 Å². The molecule has 1 aromatic rings.